The van der Waals surface area contributed by atoms with Gasteiger partial charge in [-0.1, -0.05) is 29.8 Å². The number of anilines is 1. The summed E-state index contributed by atoms with van der Waals surface area (Å²) < 4.78 is 1.01. The van der Waals surface area contributed by atoms with E-state index in [4.69, 9.17) is 0 Å². The van der Waals surface area contributed by atoms with E-state index < -0.39 is 0 Å². The molecule has 0 aromatic heterocycles. The molecule has 0 radical (unpaired) electrons. The number of nitrogens with one attached hydrogen (secondary N) is 1. The van der Waals surface area contributed by atoms with Crippen molar-refractivity contribution < 1.29 is 9.59 Å². The van der Waals surface area contributed by atoms with E-state index in [-0.39, 0.29) is 11.8 Å². The van der Waals surface area contributed by atoms with Crippen molar-refractivity contribution in [3.8, 4) is 0 Å². The first-order valence-electron chi connectivity index (χ1n) is 10.6. The van der Waals surface area contributed by atoms with Gasteiger partial charge in [0.2, 0.25) is 11.8 Å². The molecule has 0 aliphatic carbocycles. The fourth-order valence-electron chi connectivity index (χ4n) is 4.42. The number of hydrogen-bond acceptors (Lipinski definition) is 4. The van der Waals surface area contributed by atoms with Crippen LogP contribution in [0.4, 0.5) is 5.69 Å². The van der Waals surface area contributed by atoms with Crippen molar-refractivity contribution in [2.45, 2.75) is 27.2 Å². The third kappa shape index (κ3) is 6.52. The Kier molecular flexibility index (Phi) is 7.71. The number of hydrogen-bond donors (Lipinski definition) is 1. The molecule has 7 heteroatoms. The fraction of sp³-hybridized carbons (Fsp3) is 0.636. The van der Waals surface area contributed by atoms with Crippen LogP contribution in [0.2, 0.25) is 0 Å². The van der Waals surface area contributed by atoms with Crippen LogP contribution in [0.25, 0.3) is 0 Å². The van der Waals surface area contributed by atoms with Crippen molar-refractivity contribution in [2.24, 2.45) is 11.8 Å². The minimum Gasteiger partial charge on any atom is -0.341 e. The first-order chi connectivity index (χ1) is 13.8. The summed E-state index contributed by atoms with van der Waals surface area (Å²) in [5.41, 5.74) is 1.89. The van der Waals surface area contributed by atoms with Gasteiger partial charge in [-0.3, -0.25) is 19.4 Å². The molecule has 2 atom stereocenters. The standard InChI is InChI=1S/C22H33BrN4O2/c1-16-10-17(2)13-27(12-16)22(29)15-26-8-6-25(7-9-26)14-21(28)24-20-5-4-19(23)11-18(20)3/h4-5,11,16-17H,6-10,12-15H2,1-3H3,(H,24,28)/t16-,17-/m1/s1. The van der Waals surface area contributed by atoms with Gasteiger partial charge >= 0.3 is 0 Å². The highest BCUT2D eigenvalue weighted by molar-refractivity contribution is 9.10. The quantitative estimate of drug-likeness (QED) is 0.727. The smallest absolute Gasteiger partial charge is 0.238 e. The minimum atomic E-state index is 0.0104. The van der Waals surface area contributed by atoms with Crippen LogP contribution >= 0.6 is 15.9 Å². The summed E-state index contributed by atoms with van der Waals surface area (Å²) in [5.74, 6) is 1.44. The first kappa shape index (κ1) is 22.2. The van der Waals surface area contributed by atoms with Crippen LogP contribution in [0, 0.1) is 18.8 Å². The minimum absolute atomic E-state index is 0.0104. The lowest BCUT2D eigenvalue weighted by Gasteiger charge is -2.38. The van der Waals surface area contributed by atoms with E-state index in [2.05, 4.69) is 44.9 Å². The molecule has 2 heterocycles. The molecule has 1 aromatic carbocycles. The number of likely N-dealkylation sites (tertiary alicyclic amines) is 1. The number of carbonyl (C=O) groups is 2. The molecular formula is C22H33BrN4O2. The Labute approximate surface area is 182 Å². The van der Waals surface area contributed by atoms with Crippen LogP contribution in [0.3, 0.4) is 0 Å². The average Bonchev–Trinajstić information content (AvgIpc) is 2.65. The number of amides is 2. The Bertz CT molecular complexity index is 724. The number of halogens is 1. The topological polar surface area (TPSA) is 55.9 Å². The van der Waals surface area contributed by atoms with E-state index >= 15 is 0 Å². The normalized spacial score (nSPS) is 23.8. The number of carbonyl (C=O) groups excluding carboxylic acids is 2. The molecule has 0 unspecified atom stereocenters. The van der Waals surface area contributed by atoms with Gasteiger partial charge in [0.15, 0.2) is 0 Å². The summed E-state index contributed by atoms with van der Waals surface area (Å²) in [5, 5.41) is 3.00. The van der Waals surface area contributed by atoms with Crippen molar-refractivity contribution in [1.82, 2.24) is 14.7 Å². The van der Waals surface area contributed by atoms with Crippen molar-refractivity contribution in [1.29, 1.82) is 0 Å². The summed E-state index contributed by atoms with van der Waals surface area (Å²) in [7, 11) is 0. The van der Waals surface area contributed by atoms with Crippen molar-refractivity contribution in [3.63, 3.8) is 0 Å². The van der Waals surface area contributed by atoms with Gasteiger partial charge in [0.25, 0.3) is 0 Å². The van der Waals surface area contributed by atoms with Crippen LogP contribution in [0.1, 0.15) is 25.8 Å². The Morgan fingerprint density at radius 2 is 1.62 bits per heavy atom. The monoisotopic (exact) mass is 464 g/mol. The van der Waals surface area contributed by atoms with E-state index in [0.29, 0.717) is 24.9 Å². The van der Waals surface area contributed by atoms with Crippen LogP contribution in [0.15, 0.2) is 22.7 Å². The van der Waals surface area contributed by atoms with E-state index in [9.17, 15) is 9.59 Å². The molecule has 2 saturated heterocycles. The molecule has 0 saturated carbocycles. The second-order valence-corrected chi connectivity index (χ2v) is 9.72. The van der Waals surface area contributed by atoms with Crippen LogP contribution in [-0.4, -0.2) is 78.9 Å². The SMILES string of the molecule is Cc1cc(Br)ccc1NC(=O)CN1CCN(CC(=O)N2C[C@H](C)C[C@@H](C)C2)CC1. The first-order valence-corrected chi connectivity index (χ1v) is 11.4. The number of piperazine rings is 1. The lowest BCUT2D eigenvalue weighted by atomic mass is 9.92. The van der Waals surface area contributed by atoms with Gasteiger partial charge in [-0.25, -0.2) is 0 Å². The number of piperidine rings is 1. The predicted molar refractivity (Wildman–Crippen MR) is 120 cm³/mol. The molecule has 160 valence electrons. The van der Waals surface area contributed by atoms with Crippen LogP contribution in [0.5, 0.6) is 0 Å². The molecule has 2 aliphatic heterocycles. The van der Waals surface area contributed by atoms with Gasteiger partial charge in [0.05, 0.1) is 13.1 Å². The Morgan fingerprint density at radius 3 is 2.21 bits per heavy atom. The second kappa shape index (κ2) is 10.0. The van der Waals surface area contributed by atoms with E-state index in [1.807, 2.05) is 30.0 Å². The maximum absolute atomic E-state index is 12.7. The fourth-order valence-corrected chi connectivity index (χ4v) is 4.90. The predicted octanol–water partition coefficient (Wildman–Crippen LogP) is 2.82. The van der Waals surface area contributed by atoms with Gasteiger partial charge in [0.1, 0.15) is 0 Å². The van der Waals surface area contributed by atoms with Crippen LogP contribution < -0.4 is 5.32 Å². The van der Waals surface area contributed by atoms with Gasteiger partial charge < -0.3 is 10.2 Å². The van der Waals surface area contributed by atoms with E-state index in [1.165, 1.54) is 6.42 Å². The molecule has 1 aromatic rings. The lowest BCUT2D eigenvalue weighted by molar-refractivity contribution is -0.135. The van der Waals surface area contributed by atoms with Gasteiger partial charge in [-0.2, -0.15) is 0 Å². The molecule has 29 heavy (non-hydrogen) atoms. The third-order valence-electron chi connectivity index (χ3n) is 5.88. The van der Waals surface area contributed by atoms with Crippen molar-refractivity contribution in [2.75, 3.05) is 57.7 Å². The second-order valence-electron chi connectivity index (χ2n) is 8.80. The number of aryl methyl sites for hydroxylation is 1. The molecule has 6 nitrogen and oxygen atoms in total. The lowest BCUT2D eigenvalue weighted by Crippen LogP contribution is -2.52. The van der Waals surface area contributed by atoms with Crippen molar-refractivity contribution >= 4 is 33.4 Å². The number of rotatable bonds is 5. The Morgan fingerprint density at radius 1 is 1.03 bits per heavy atom. The summed E-state index contributed by atoms with van der Waals surface area (Å²) in [6.45, 7) is 12.4. The maximum Gasteiger partial charge on any atom is 0.238 e. The molecule has 0 bridgehead atoms. The highest BCUT2D eigenvalue weighted by Gasteiger charge is 2.27. The zero-order chi connectivity index (χ0) is 21.0. The molecule has 1 N–H and O–H groups in total. The average molecular weight is 465 g/mol. The van der Waals surface area contributed by atoms with Gasteiger partial charge in [0, 0.05) is 49.4 Å². The zero-order valence-electron chi connectivity index (χ0n) is 17.8. The molecular weight excluding hydrogens is 432 g/mol. The molecule has 2 aliphatic rings. The Hall–Kier alpha value is -1.44. The Balaban J connectivity index is 1.41. The summed E-state index contributed by atoms with van der Waals surface area (Å²) >= 11 is 3.44. The van der Waals surface area contributed by atoms with Crippen LogP contribution in [-0.2, 0) is 9.59 Å². The molecule has 3 rings (SSSR count). The summed E-state index contributed by atoms with van der Waals surface area (Å²) in [6, 6.07) is 5.85. The number of benzene rings is 1. The highest BCUT2D eigenvalue weighted by Crippen LogP contribution is 2.21. The third-order valence-corrected chi connectivity index (χ3v) is 6.37. The van der Waals surface area contributed by atoms with Crippen molar-refractivity contribution in [3.05, 3.63) is 28.2 Å². The summed E-state index contributed by atoms with van der Waals surface area (Å²) in [6.07, 6.45) is 1.21. The van der Waals surface area contributed by atoms with Gasteiger partial charge in [-0.05, 0) is 48.9 Å². The maximum atomic E-state index is 12.7. The number of nitrogens with zero attached hydrogens (tertiary/aromatic N) is 3. The molecule has 2 amide bonds. The van der Waals surface area contributed by atoms with E-state index in [0.717, 1.165) is 55.0 Å². The highest BCUT2D eigenvalue weighted by atomic mass is 79.9. The molecule has 2 fully saturated rings. The van der Waals surface area contributed by atoms with E-state index in [1.54, 1.807) is 0 Å². The zero-order valence-corrected chi connectivity index (χ0v) is 19.4. The molecule has 0 spiro atoms. The summed E-state index contributed by atoms with van der Waals surface area (Å²) in [4.78, 5) is 31.5. The van der Waals surface area contributed by atoms with Gasteiger partial charge in [-0.15, -0.1) is 0 Å². The largest absolute Gasteiger partial charge is 0.341 e.